The van der Waals surface area contributed by atoms with Crippen molar-refractivity contribution in [1.29, 1.82) is 0 Å². The van der Waals surface area contributed by atoms with E-state index < -0.39 is 0 Å². The molecule has 3 rings (SSSR count). The van der Waals surface area contributed by atoms with Gasteiger partial charge in [-0.05, 0) is 6.07 Å². The maximum Gasteiger partial charge on any atom is 0.170 e. The van der Waals surface area contributed by atoms with Crippen molar-refractivity contribution < 1.29 is 4.79 Å². The summed E-state index contributed by atoms with van der Waals surface area (Å²) < 4.78 is 0. The van der Waals surface area contributed by atoms with Crippen LogP contribution >= 0.6 is 0 Å². The van der Waals surface area contributed by atoms with Crippen molar-refractivity contribution in [3.05, 3.63) is 30.0 Å². The first kappa shape index (κ1) is 7.44. The largest absolute Gasteiger partial charge is 0.294 e. The van der Waals surface area contributed by atoms with Gasteiger partial charge < -0.3 is 0 Å². The average molecular weight is 185 g/mol. The highest BCUT2D eigenvalue weighted by Gasteiger charge is 2.15. The highest BCUT2D eigenvalue weighted by molar-refractivity contribution is 6.12. The maximum absolute atomic E-state index is 11.7. The number of Topliss-reactive ketones (excluding diaryl/α,β-unsaturated/α-hetero) is 1. The van der Waals surface area contributed by atoms with E-state index in [4.69, 9.17) is 0 Å². The minimum Gasteiger partial charge on any atom is -0.294 e. The molecule has 4 heteroatoms. The van der Waals surface area contributed by atoms with Crippen LogP contribution in [0.3, 0.4) is 0 Å². The average Bonchev–Trinajstić information content (AvgIpc) is 2.53. The number of aromatic nitrogens is 2. The molecule has 68 valence electrons. The summed E-state index contributed by atoms with van der Waals surface area (Å²) in [5.74, 6) is 0.0959. The first-order valence-electron chi connectivity index (χ1n) is 4.39. The van der Waals surface area contributed by atoms with E-state index >= 15 is 0 Å². The summed E-state index contributed by atoms with van der Waals surface area (Å²) >= 11 is 0. The van der Waals surface area contributed by atoms with Crippen LogP contribution in [0.1, 0.15) is 16.8 Å². The second-order valence-corrected chi connectivity index (χ2v) is 3.20. The summed E-state index contributed by atoms with van der Waals surface area (Å²) in [7, 11) is 0. The van der Waals surface area contributed by atoms with Crippen LogP contribution in [-0.2, 0) is 0 Å². The van der Waals surface area contributed by atoms with E-state index in [1.54, 1.807) is 12.4 Å². The van der Waals surface area contributed by atoms with Gasteiger partial charge in [-0.25, -0.2) is 0 Å². The van der Waals surface area contributed by atoms with Crippen molar-refractivity contribution in [2.75, 3.05) is 0 Å². The summed E-state index contributed by atoms with van der Waals surface area (Å²) in [5, 5.41) is 9.12. The van der Waals surface area contributed by atoms with Crippen molar-refractivity contribution in [2.45, 2.75) is 6.42 Å². The Kier molecular flexibility index (Phi) is 1.33. The molecule has 0 fully saturated rings. The van der Waals surface area contributed by atoms with Crippen LogP contribution in [-0.4, -0.2) is 21.9 Å². The molecular weight excluding hydrogens is 178 g/mol. The standard InChI is InChI=1S/C10H7N3O/c14-9-4-5-11-13-10-7(6-12-13)2-1-3-8(9)10/h1-3,5-6H,4H2. The first-order valence-corrected chi connectivity index (χ1v) is 4.39. The molecule has 1 aromatic carbocycles. The monoisotopic (exact) mass is 185 g/mol. The Labute approximate surface area is 79.8 Å². The van der Waals surface area contributed by atoms with Gasteiger partial charge in [0, 0.05) is 23.6 Å². The molecule has 0 aliphatic carbocycles. The first-order chi connectivity index (χ1) is 6.86. The van der Waals surface area contributed by atoms with Gasteiger partial charge in [0.2, 0.25) is 0 Å². The van der Waals surface area contributed by atoms with E-state index in [0.717, 1.165) is 10.9 Å². The van der Waals surface area contributed by atoms with E-state index in [1.807, 2.05) is 18.2 Å². The van der Waals surface area contributed by atoms with Crippen LogP contribution < -0.4 is 0 Å². The molecule has 1 aromatic heterocycles. The lowest BCUT2D eigenvalue weighted by Gasteiger charge is -1.98. The Bertz CT molecular complexity index is 553. The van der Waals surface area contributed by atoms with Crippen molar-refractivity contribution in [3.8, 4) is 0 Å². The Morgan fingerprint density at radius 2 is 2.29 bits per heavy atom. The molecule has 1 aliphatic heterocycles. The van der Waals surface area contributed by atoms with E-state index in [9.17, 15) is 4.79 Å². The van der Waals surface area contributed by atoms with Gasteiger partial charge in [-0.1, -0.05) is 12.1 Å². The van der Waals surface area contributed by atoms with E-state index in [-0.39, 0.29) is 5.78 Å². The van der Waals surface area contributed by atoms with E-state index in [1.165, 1.54) is 4.79 Å². The lowest BCUT2D eigenvalue weighted by atomic mass is 10.1. The van der Waals surface area contributed by atoms with Gasteiger partial charge >= 0.3 is 0 Å². The molecule has 4 nitrogen and oxygen atoms in total. The molecule has 0 amide bonds. The van der Waals surface area contributed by atoms with E-state index in [0.29, 0.717) is 12.0 Å². The molecule has 0 radical (unpaired) electrons. The van der Waals surface area contributed by atoms with Crippen molar-refractivity contribution in [2.24, 2.45) is 5.10 Å². The zero-order chi connectivity index (χ0) is 9.54. The van der Waals surface area contributed by atoms with Gasteiger partial charge in [-0.3, -0.25) is 4.79 Å². The van der Waals surface area contributed by atoms with E-state index in [2.05, 4.69) is 10.2 Å². The van der Waals surface area contributed by atoms with Gasteiger partial charge in [0.05, 0.1) is 6.20 Å². The predicted molar refractivity (Wildman–Crippen MR) is 52.6 cm³/mol. The topological polar surface area (TPSA) is 47.2 Å². The van der Waals surface area contributed by atoms with Crippen molar-refractivity contribution in [1.82, 2.24) is 9.89 Å². The minimum absolute atomic E-state index is 0.0959. The van der Waals surface area contributed by atoms with Crippen LogP contribution in [0.4, 0.5) is 0 Å². The van der Waals surface area contributed by atoms with Gasteiger partial charge in [0.1, 0.15) is 5.52 Å². The normalized spacial score (nSPS) is 14.7. The maximum atomic E-state index is 11.7. The summed E-state index contributed by atoms with van der Waals surface area (Å²) in [4.78, 5) is 13.2. The Balaban J connectivity index is 2.52. The number of nitrogens with zero attached hydrogens (tertiary/aromatic N) is 3. The molecule has 0 atom stereocenters. The molecule has 0 unspecified atom stereocenters. The number of para-hydroxylation sites is 1. The summed E-state index contributed by atoms with van der Waals surface area (Å²) in [5.41, 5.74) is 1.52. The Hall–Kier alpha value is -1.97. The second-order valence-electron chi connectivity index (χ2n) is 3.20. The third kappa shape index (κ3) is 0.849. The molecule has 0 spiro atoms. The van der Waals surface area contributed by atoms with Crippen LogP contribution in [0, 0.1) is 0 Å². The van der Waals surface area contributed by atoms with Gasteiger partial charge in [-0.2, -0.15) is 15.0 Å². The van der Waals surface area contributed by atoms with Gasteiger partial charge in [0.15, 0.2) is 5.78 Å². The fraction of sp³-hybridized carbons (Fsp3) is 0.100. The number of hydrogen-bond donors (Lipinski definition) is 0. The third-order valence-electron chi connectivity index (χ3n) is 2.34. The quantitative estimate of drug-likeness (QED) is 0.623. The number of rotatable bonds is 0. The summed E-state index contributed by atoms with van der Waals surface area (Å²) in [6.07, 6.45) is 3.66. The van der Waals surface area contributed by atoms with Crippen molar-refractivity contribution >= 4 is 22.9 Å². The lowest BCUT2D eigenvalue weighted by Crippen LogP contribution is -1.98. The molecule has 14 heavy (non-hydrogen) atoms. The molecule has 2 aromatic rings. The molecule has 2 heterocycles. The fourth-order valence-electron chi connectivity index (χ4n) is 1.69. The molecule has 0 saturated carbocycles. The zero-order valence-electron chi connectivity index (χ0n) is 7.34. The summed E-state index contributed by atoms with van der Waals surface area (Å²) in [6.45, 7) is 0. The number of hydrogen-bond acceptors (Lipinski definition) is 3. The highest BCUT2D eigenvalue weighted by Crippen LogP contribution is 2.21. The highest BCUT2D eigenvalue weighted by atomic mass is 16.1. The zero-order valence-corrected chi connectivity index (χ0v) is 7.34. The molecule has 0 bridgehead atoms. The van der Waals surface area contributed by atoms with Crippen LogP contribution in [0.2, 0.25) is 0 Å². The second kappa shape index (κ2) is 2.51. The number of carbonyl (C=O) groups excluding carboxylic acids is 1. The minimum atomic E-state index is 0.0959. The molecule has 0 saturated heterocycles. The third-order valence-corrected chi connectivity index (χ3v) is 2.34. The Morgan fingerprint density at radius 1 is 1.36 bits per heavy atom. The molecule has 1 aliphatic rings. The number of ketones is 1. The fourth-order valence-corrected chi connectivity index (χ4v) is 1.69. The Morgan fingerprint density at radius 3 is 3.21 bits per heavy atom. The van der Waals surface area contributed by atoms with Crippen LogP contribution in [0.5, 0.6) is 0 Å². The lowest BCUT2D eigenvalue weighted by molar-refractivity contribution is 0.100. The molecule has 0 N–H and O–H groups in total. The SMILES string of the molecule is O=C1CC=Nn2ncc3cccc1c32. The smallest absolute Gasteiger partial charge is 0.170 e. The van der Waals surface area contributed by atoms with Gasteiger partial charge in [0.25, 0.3) is 0 Å². The van der Waals surface area contributed by atoms with Crippen molar-refractivity contribution in [3.63, 3.8) is 0 Å². The summed E-state index contributed by atoms with van der Waals surface area (Å²) in [6, 6.07) is 5.61. The van der Waals surface area contributed by atoms with Crippen LogP contribution in [0.25, 0.3) is 10.9 Å². The predicted octanol–water partition coefficient (Wildman–Crippen LogP) is 1.46. The van der Waals surface area contributed by atoms with Crippen LogP contribution in [0.15, 0.2) is 29.5 Å². The van der Waals surface area contributed by atoms with Gasteiger partial charge in [-0.15, -0.1) is 0 Å². The molecular formula is C10H7N3O. The number of carbonyl (C=O) groups is 1. The number of benzene rings is 1.